The van der Waals surface area contributed by atoms with E-state index in [2.05, 4.69) is 42.0 Å². The van der Waals surface area contributed by atoms with Crippen LogP contribution in [0.1, 0.15) is 90.9 Å². The second-order valence-corrected chi connectivity index (χ2v) is 11.9. The fourth-order valence-corrected chi connectivity index (χ4v) is 5.30. The van der Waals surface area contributed by atoms with Crippen LogP contribution in [-0.2, 0) is 9.59 Å². The number of hydrogen-bond acceptors (Lipinski definition) is 3. The number of Topliss-reactive ketones (excluding diaryl/α,β-unsaturated/α-hetero) is 2. The zero-order chi connectivity index (χ0) is 23.6. The Labute approximate surface area is 198 Å². The highest BCUT2D eigenvalue weighted by Gasteiger charge is 2.21. The molecule has 0 aliphatic heterocycles. The van der Waals surface area contributed by atoms with Crippen LogP contribution in [0.3, 0.4) is 0 Å². The molecule has 4 nitrogen and oxygen atoms in total. The molecule has 184 valence electrons. The van der Waals surface area contributed by atoms with Crippen LogP contribution in [0.2, 0.25) is 0 Å². The van der Waals surface area contributed by atoms with Gasteiger partial charge in [-0.1, -0.05) is 65.2 Å². The van der Waals surface area contributed by atoms with Gasteiger partial charge in [-0.05, 0) is 12.8 Å². The first-order valence-electron chi connectivity index (χ1n) is 12.9. The van der Waals surface area contributed by atoms with Gasteiger partial charge in [0.25, 0.3) is 0 Å². The normalized spacial score (nSPS) is 12.3. The van der Waals surface area contributed by atoms with E-state index in [1.54, 1.807) is 0 Å². The van der Waals surface area contributed by atoms with Crippen molar-refractivity contribution in [3.05, 3.63) is 0 Å². The molecule has 0 saturated carbocycles. The van der Waals surface area contributed by atoms with Crippen LogP contribution in [0, 0.1) is 0 Å². The fraction of sp³-hybridized carbons (Fsp3) is 0.923. The number of quaternary nitrogens is 2. The van der Waals surface area contributed by atoms with Gasteiger partial charge in [0.1, 0.15) is 13.1 Å². The maximum atomic E-state index is 12.3. The monoisotopic (exact) mass is 458 g/mol. The molecule has 0 radical (unpaired) electrons. The van der Waals surface area contributed by atoms with Crippen molar-refractivity contribution in [1.29, 1.82) is 0 Å². The molecule has 0 atom stereocenters. The van der Waals surface area contributed by atoms with Crippen LogP contribution >= 0.6 is 11.8 Å². The molecule has 0 rings (SSSR count). The average Bonchev–Trinajstić information content (AvgIpc) is 2.66. The highest BCUT2D eigenvalue weighted by Crippen LogP contribution is 2.11. The van der Waals surface area contributed by atoms with Crippen LogP contribution in [0.4, 0.5) is 0 Å². The lowest BCUT2D eigenvalue weighted by molar-refractivity contribution is -0.880. The summed E-state index contributed by atoms with van der Waals surface area (Å²) in [5.41, 5.74) is 0. The minimum Gasteiger partial charge on any atom is -0.322 e. The molecule has 0 heterocycles. The highest BCUT2D eigenvalue weighted by molar-refractivity contribution is 7.99. The summed E-state index contributed by atoms with van der Waals surface area (Å²) in [6.45, 7) is 7.80. The van der Waals surface area contributed by atoms with Crippen molar-refractivity contribution < 1.29 is 18.6 Å². The Hall–Kier alpha value is -0.390. The number of rotatable bonds is 22. The zero-order valence-corrected chi connectivity index (χ0v) is 22.7. The Balaban J connectivity index is 3.90. The first kappa shape index (κ1) is 30.6. The van der Waals surface area contributed by atoms with Crippen LogP contribution in [0.5, 0.6) is 0 Å². The van der Waals surface area contributed by atoms with E-state index in [0.717, 1.165) is 59.2 Å². The minimum atomic E-state index is 0.414. The molecule has 0 aromatic rings. The van der Waals surface area contributed by atoms with Crippen molar-refractivity contribution in [2.75, 3.05) is 65.9 Å². The van der Waals surface area contributed by atoms with Crippen molar-refractivity contribution in [2.24, 2.45) is 0 Å². The van der Waals surface area contributed by atoms with Crippen molar-refractivity contribution >= 4 is 23.3 Å². The van der Waals surface area contributed by atoms with Crippen molar-refractivity contribution in [1.82, 2.24) is 0 Å². The lowest BCUT2D eigenvalue weighted by Crippen LogP contribution is -2.46. The molecule has 31 heavy (non-hydrogen) atoms. The Morgan fingerprint density at radius 1 is 0.581 bits per heavy atom. The molecule has 0 amide bonds. The van der Waals surface area contributed by atoms with E-state index >= 15 is 0 Å². The molecule has 0 fully saturated rings. The number of nitrogens with zero attached hydrogens (tertiary/aromatic N) is 2. The number of likely N-dealkylation sites (N-methyl/N-ethyl adjacent to an activating group) is 2. The predicted octanol–water partition coefficient (Wildman–Crippen LogP) is 5.73. The van der Waals surface area contributed by atoms with Crippen LogP contribution in [0.15, 0.2) is 0 Å². The first-order valence-corrected chi connectivity index (χ1v) is 14.0. The molecule has 0 N–H and O–H groups in total. The zero-order valence-electron chi connectivity index (χ0n) is 21.8. The molecule has 0 bridgehead atoms. The quantitative estimate of drug-likeness (QED) is 0.153. The molecule has 0 aliphatic carbocycles. The molecule has 0 aromatic carbocycles. The number of ketones is 2. The van der Waals surface area contributed by atoms with Crippen molar-refractivity contribution in [3.8, 4) is 0 Å². The third-order valence-corrected chi connectivity index (χ3v) is 6.95. The molecular formula is C26H54N2O2S+2. The SMILES string of the molecule is CCCCCCCC(=O)C[N+](C)(C)CCSCC[N+](C)(C)CC(=O)CCCCCCC. The number of thioether (sulfide) groups is 1. The van der Waals surface area contributed by atoms with Crippen molar-refractivity contribution in [2.45, 2.75) is 90.9 Å². The van der Waals surface area contributed by atoms with E-state index in [4.69, 9.17) is 0 Å². The summed E-state index contributed by atoms with van der Waals surface area (Å²) in [6.07, 6.45) is 13.6. The van der Waals surface area contributed by atoms with Gasteiger partial charge in [-0.15, -0.1) is 0 Å². The van der Waals surface area contributed by atoms with Gasteiger partial charge in [0.15, 0.2) is 11.6 Å². The van der Waals surface area contributed by atoms with Crippen LogP contribution in [-0.4, -0.2) is 86.4 Å². The highest BCUT2D eigenvalue weighted by atomic mass is 32.2. The van der Waals surface area contributed by atoms with Crippen molar-refractivity contribution in [3.63, 3.8) is 0 Å². The van der Waals surface area contributed by atoms with E-state index < -0.39 is 0 Å². The number of carbonyl (C=O) groups is 2. The summed E-state index contributed by atoms with van der Waals surface area (Å²) in [5.74, 6) is 2.97. The predicted molar refractivity (Wildman–Crippen MR) is 138 cm³/mol. The minimum absolute atomic E-state index is 0.414. The summed E-state index contributed by atoms with van der Waals surface area (Å²) in [5, 5.41) is 0. The molecule has 0 unspecified atom stereocenters. The third kappa shape index (κ3) is 20.0. The lowest BCUT2D eigenvalue weighted by Gasteiger charge is -2.30. The standard InChI is InChI=1S/C26H54N2O2S/c1-7-9-11-13-15-17-25(29)23-27(3,4)19-21-31-22-20-28(5,6)24-26(30)18-16-14-12-10-8-2/h7-24H2,1-6H3/q+2. The topological polar surface area (TPSA) is 34.1 Å². The van der Waals surface area contributed by atoms with Gasteiger partial charge < -0.3 is 8.97 Å². The largest absolute Gasteiger partial charge is 0.322 e. The summed E-state index contributed by atoms with van der Waals surface area (Å²) < 4.78 is 1.57. The third-order valence-electron chi connectivity index (χ3n) is 6.01. The lowest BCUT2D eigenvalue weighted by atomic mass is 10.1. The van der Waals surface area contributed by atoms with Gasteiger partial charge in [-0.2, -0.15) is 11.8 Å². The fourth-order valence-electron chi connectivity index (χ4n) is 3.85. The van der Waals surface area contributed by atoms with Crippen LogP contribution < -0.4 is 0 Å². The second-order valence-electron chi connectivity index (χ2n) is 10.7. The molecule has 5 heteroatoms. The Kier molecular flexibility index (Phi) is 17.9. The Morgan fingerprint density at radius 3 is 1.29 bits per heavy atom. The average molecular weight is 459 g/mol. The van der Waals surface area contributed by atoms with Gasteiger partial charge in [0, 0.05) is 24.3 Å². The summed E-state index contributed by atoms with van der Waals surface area (Å²) in [7, 11) is 8.70. The van der Waals surface area contributed by atoms with Gasteiger partial charge in [0.05, 0.1) is 41.3 Å². The van der Waals surface area contributed by atoms with E-state index in [0.29, 0.717) is 24.7 Å². The molecule has 0 aliphatic rings. The number of hydrogen-bond donors (Lipinski definition) is 0. The first-order chi connectivity index (χ1) is 14.6. The molecule has 0 aromatic heterocycles. The Morgan fingerprint density at radius 2 is 0.935 bits per heavy atom. The molecular weight excluding hydrogens is 404 g/mol. The number of carbonyl (C=O) groups excluding carboxylic acids is 2. The summed E-state index contributed by atoms with van der Waals surface area (Å²) in [4.78, 5) is 24.6. The maximum Gasteiger partial charge on any atom is 0.186 e. The molecule has 0 spiro atoms. The maximum absolute atomic E-state index is 12.3. The Bertz CT molecular complexity index is 436. The second kappa shape index (κ2) is 18.1. The summed E-state index contributed by atoms with van der Waals surface area (Å²) in [6, 6.07) is 0. The summed E-state index contributed by atoms with van der Waals surface area (Å²) >= 11 is 1.96. The van der Waals surface area contributed by atoms with Gasteiger partial charge >= 0.3 is 0 Å². The van der Waals surface area contributed by atoms with E-state index in [1.807, 2.05) is 11.8 Å². The molecule has 0 saturated heterocycles. The van der Waals surface area contributed by atoms with Gasteiger partial charge in [0.2, 0.25) is 0 Å². The van der Waals surface area contributed by atoms with Gasteiger partial charge in [-0.25, -0.2) is 0 Å². The number of unbranched alkanes of at least 4 members (excludes halogenated alkanes) is 8. The van der Waals surface area contributed by atoms with E-state index in [-0.39, 0.29) is 0 Å². The van der Waals surface area contributed by atoms with E-state index in [1.165, 1.54) is 51.4 Å². The van der Waals surface area contributed by atoms with Gasteiger partial charge in [-0.3, -0.25) is 9.59 Å². The smallest absolute Gasteiger partial charge is 0.186 e. The van der Waals surface area contributed by atoms with Crippen LogP contribution in [0.25, 0.3) is 0 Å². The van der Waals surface area contributed by atoms with E-state index in [9.17, 15) is 9.59 Å².